The van der Waals surface area contributed by atoms with Crippen molar-refractivity contribution in [1.29, 1.82) is 0 Å². The Morgan fingerprint density at radius 3 is 2.88 bits per heavy atom. The zero-order valence-corrected chi connectivity index (χ0v) is 9.61. The summed E-state index contributed by atoms with van der Waals surface area (Å²) in [6, 6.07) is 7.13. The molecule has 0 bridgehead atoms. The highest BCUT2D eigenvalue weighted by molar-refractivity contribution is 6.33. The molecule has 0 spiro atoms. The molecule has 0 aliphatic heterocycles. The van der Waals surface area contributed by atoms with Gasteiger partial charge in [0, 0.05) is 5.56 Å². The van der Waals surface area contributed by atoms with Gasteiger partial charge in [0.25, 0.3) is 0 Å². The highest BCUT2D eigenvalue weighted by Crippen LogP contribution is 2.25. The van der Waals surface area contributed by atoms with Crippen LogP contribution in [0.1, 0.15) is 25.3 Å². The van der Waals surface area contributed by atoms with Crippen LogP contribution in [0.4, 0.5) is 0 Å². The van der Waals surface area contributed by atoms with Gasteiger partial charge in [0.1, 0.15) is 0 Å². The minimum atomic E-state index is -0.219. The Balaban J connectivity index is 2.35. The Morgan fingerprint density at radius 2 is 2.19 bits per heavy atom. The molecular formula is C11H12ClN3O. The van der Waals surface area contributed by atoms with Crippen LogP contribution in [0.15, 0.2) is 28.8 Å². The lowest BCUT2D eigenvalue weighted by molar-refractivity contribution is 0.352. The molecule has 5 heteroatoms. The van der Waals surface area contributed by atoms with Crippen LogP contribution in [-0.4, -0.2) is 10.1 Å². The summed E-state index contributed by atoms with van der Waals surface area (Å²) in [6.07, 6.45) is 0.754. The molecule has 1 heterocycles. The third-order valence-corrected chi connectivity index (χ3v) is 2.64. The van der Waals surface area contributed by atoms with Crippen LogP contribution in [0, 0.1) is 0 Å². The highest BCUT2D eigenvalue weighted by Gasteiger charge is 2.15. The van der Waals surface area contributed by atoms with E-state index in [1.165, 1.54) is 0 Å². The molecule has 1 aromatic heterocycles. The van der Waals surface area contributed by atoms with Gasteiger partial charge in [0.05, 0.1) is 11.1 Å². The Bertz CT molecular complexity index is 484. The van der Waals surface area contributed by atoms with Gasteiger partial charge < -0.3 is 10.3 Å². The standard InChI is InChI=1S/C11H12ClN3O/c1-2-9(13)11-14-10(15-16-11)7-5-3-4-6-8(7)12/h3-6,9H,2,13H2,1H3/t9-/m1/s1. The molecule has 2 aromatic rings. The fourth-order valence-corrected chi connectivity index (χ4v) is 1.53. The lowest BCUT2D eigenvalue weighted by Gasteiger charge is -1.99. The summed E-state index contributed by atoms with van der Waals surface area (Å²) in [5.41, 5.74) is 6.55. The molecule has 0 amide bonds. The summed E-state index contributed by atoms with van der Waals surface area (Å²) < 4.78 is 5.08. The largest absolute Gasteiger partial charge is 0.337 e. The molecule has 0 aliphatic rings. The number of hydrogen-bond donors (Lipinski definition) is 1. The zero-order valence-electron chi connectivity index (χ0n) is 8.85. The maximum absolute atomic E-state index is 6.03. The monoisotopic (exact) mass is 237 g/mol. The summed E-state index contributed by atoms with van der Waals surface area (Å²) >= 11 is 6.03. The van der Waals surface area contributed by atoms with Crippen LogP contribution >= 0.6 is 11.6 Å². The van der Waals surface area contributed by atoms with E-state index in [1.54, 1.807) is 6.07 Å². The van der Waals surface area contributed by atoms with Crippen molar-refractivity contribution in [2.45, 2.75) is 19.4 Å². The molecule has 0 saturated heterocycles. The Hall–Kier alpha value is -1.39. The molecule has 0 aliphatic carbocycles. The summed E-state index contributed by atoms with van der Waals surface area (Å²) in [5, 5.41) is 4.46. The second kappa shape index (κ2) is 4.63. The highest BCUT2D eigenvalue weighted by atomic mass is 35.5. The van der Waals surface area contributed by atoms with E-state index in [4.69, 9.17) is 21.9 Å². The summed E-state index contributed by atoms with van der Waals surface area (Å²) in [5.74, 6) is 0.918. The molecule has 0 saturated carbocycles. The predicted octanol–water partition coefficient (Wildman–Crippen LogP) is 2.80. The molecule has 0 fully saturated rings. The minimum absolute atomic E-state index is 0.219. The van der Waals surface area contributed by atoms with E-state index in [0.29, 0.717) is 16.7 Å². The van der Waals surface area contributed by atoms with Gasteiger partial charge in [-0.25, -0.2) is 0 Å². The molecule has 2 N–H and O–H groups in total. The number of hydrogen-bond acceptors (Lipinski definition) is 4. The first-order valence-electron chi connectivity index (χ1n) is 5.06. The smallest absolute Gasteiger partial charge is 0.243 e. The number of rotatable bonds is 3. The van der Waals surface area contributed by atoms with Crippen molar-refractivity contribution in [2.75, 3.05) is 0 Å². The van der Waals surface area contributed by atoms with Crippen LogP contribution in [0.25, 0.3) is 11.4 Å². The molecule has 4 nitrogen and oxygen atoms in total. The fraction of sp³-hybridized carbons (Fsp3) is 0.273. The molecule has 1 atom stereocenters. The molecular weight excluding hydrogens is 226 g/mol. The second-order valence-electron chi connectivity index (χ2n) is 3.45. The van der Waals surface area contributed by atoms with E-state index in [9.17, 15) is 0 Å². The molecule has 2 rings (SSSR count). The Morgan fingerprint density at radius 1 is 1.44 bits per heavy atom. The maximum Gasteiger partial charge on any atom is 0.243 e. The van der Waals surface area contributed by atoms with Gasteiger partial charge >= 0.3 is 0 Å². The van der Waals surface area contributed by atoms with Crippen molar-refractivity contribution in [3.63, 3.8) is 0 Å². The zero-order chi connectivity index (χ0) is 11.5. The van der Waals surface area contributed by atoms with Gasteiger partial charge in [-0.2, -0.15) is 4.98 Å². The van der Waals surface area contributed by atoms with E-state index in [1.807, 2.05) is 25.1 Å². The fourth-order valence-electron chi connectivity index (χ4n) is 1.31. The van der Waals surface area contributed by atoms with Crippen molar-refractivity contribution in [2.24, 2.45) is 5.73 Å². The van der Waals surface area contributed by atoms with Crippen LogP contribution in [0.2, 0.25) is 5.02 Å². The van der Waals surface area contributed by atoms with E-state index >= 15 is 0 Å². The summed E-state index contributed by atoms with van der Waals surface area (Å²) in [4.78, 5) is 4.22. The van der Waals surface area contributed by atoms with Crippen LogP contribution < -0.4 is 5.73 Å². The molecule has 0 unspecified atom stereocenters. The number of benzene rings is 1. The third kappa shape index (κ3) is 2.08. The molecule has 1 aromatic carbocycles. The van der Waals surface area contributed by atoms with Crippen molar-refractivity contribution in [3.05, 3.63) is 35.2 Å². The first-order valence-corrected chi connectivity index (χ1v) is 5.44. The number of nitrogens with two attached hydrogens (primary N) is 1. The van der Waals surface area contributed by atoms with Crippen molar-refractivity contribution >= 4 is 11.6 Å². The topological polar surface area (TPSA) is 64.9 Å². The van der Waals surface area contributed by atoms with Gasteiger partial charge in [-0.1, -0.05) is 35.8 Å². The summed E-state index contributed by atoms with van der Waals surface area (Å²) in [6.45, 7) is 1.96. The minimum Gasteiger partial charge on any atom is -0.337 e. The predicted molar refractivity (Wildman–Crippen MR) is 62.0 cm³/mol. The first-order chi connectivity index (χ1) is 7.72. The quantitative estimate of drug-likeness (QED) is 0.892. The van der Waals surface area contributed by atoms with E-state index < -0.39 is 0 Å². The molecule has 84 valence electrons. The van der Waals surface area contributed by atoms with Crippen molar-refractivity contribution in [1.82, 2.24) is 10.1 Å². The lowest BCUT2D eigenvalue weighted by Crippen LogP contribution is -2.08. The maximum atomic E-state index is 6.03. The van der Waals surface area contributed by atoms with Crippen LogP contribution in [-0.2, 0) is 0 Å². The van der Waals surface area contributed by atoms with E-state index in [0.717, 1.165) is 12.0 Å². The lowest BCUT2D eigenvalue weighted by atomic mass is 10.2. The van der Waals surface area contributed by atoms with Crippen molar-refractivity contribution in [3.8, 4) is 11.4 Å². The number of halogens is 1. The average molecular weight is 238 g/mol. The Labute approximate surface area is 98.4 Å². The first kappa shape index (κ1) is 11.1. The van der Waals surface area contributed by atoms with Gasteiger partial charge in [0.15, 0.2) is 0 Å². The SMILES string of the molecule is CC[C@@H](N)c1nc(-c2ccccc2Cl)no1. The van der Waals surface area contributed by atoms with Gasteiger partial charge in [-0.15, -0.1) is 0 Å². The third-order valence-electron chi connectivity index (χ3n) is 2.31. The van der Waals surface area contributed by atoms with E-state index in [2.05, 4.69) is 10.1 Å². The van der Waals surface area contributed by atoms with Crippen LogP contribution in [0.5, 0.6) is 0 Å². The van der Waals surface area contributed by atoms with Gasteiger partial charge in [-0.3, -0.25) is 0 Å². The number of aromatic nitrogens is 2. The van der Waals surface area contributed by atoms with Gasteiger partial charge in [-0.05, 0) is 18.6 Å². The molecule has 0 radical (unpaired) electrons. The van der Waals surface area contributed by atoms with Crippen molar-refractivity contribution < 1.29 is 4.52 Å². The molecule has 16 heavy (non-hydrogen) atoms. The number of nitrogens with zero attached hydrogens (tertiary/aromatic N) is 2. The van der Waals surface area contributed by atoms with Gasteiger partial charge in [0.2, 0.25) is 11.7 Å². The average Bonchev–Trinajstić information content (AvgIpc) is 2.78. The second-order valence-corrected chi connectivity index (χ2v) is 3.86. The summed E-state index contributed by atoms with van der Waals surface area (Å²) in [7, 11) is 0. The van der Waals surface area contributed by atoms with Crippen LogP contribution in [0.3, 0.4) is 0 Å². The van der Waals surface area contributed by atoms with E-state index in [-0.39, 0.29) is 6.04 Å². The Kier molecular flexibility index (Phi) is 3.22. The normalized spacial score (nSPS) is 12.7.